The fraction of sp³-hybridized carbons (Fsp3) is 0.889. The molecule has 0 rings (SSSR count). The molecule has 0 aromatic carbocycles. The van der Waals surface area contributed by atoms with Crippen LogP contribution in [0.3, 0.4) is 0 Å². The van der Waals surface area contributed by atoms with Crippen molar-refractivity contribution in [2.45, 2.75) is 20.0 Å². The predicted molar refractivity (Wildman–Crippen MR) is 59.5 cm³/mol. The van der Waals surface area contributed by atoms with Crippen molar-refractivity contribution in [3.05, 3.63) is 0 Å². The Bertz CT molecular complexity index is 312. The summed E-state index contributed by atoms with van der Waals surface area (Å²) in [7, 11) is -0.906. The first-order valence-corrected chi connectivity index (χ1v) is 6.53. The Hall–Kier alpha value is -0.660. The Morgan fingerprint density at radius 2 is 1.94 bits per heavy atom. The third-order valence-electron chi connectivity index (χ3n) is 1.85. The lowest BCUT2D eigenvalue weighted by molar-refractivity contribution is -0.140. The molecule has 0 bridgehead atoms. The molecule has 0 amide bonds. The number of carbonyl (C=O) groups is 1. The minimum Gasteiger partial charge on any atom is -0.468 e. The van der Waals surface area contributed by atoms with E-state index in [0.717, 1.165) is 4.31 Å². The maximum absolute atomic E-state index is 11.6. The zero-order valence-electron chi connectivity index (χ0n) is 10.1. The number of nitrogens with zero attached hydrogens (tertiary/aromatic N) is 1. The van der Waals surface area contributed by atoms with Crippen LogP contribution in [0.15, 0.2) is 0 Å². The normalized spacial score (nSPS) is 12.1. The van der Waals surface area contributed by atoms with Crippen molar-refractivity contribution in [3.8, 4) is 0 Å². The van der Waals surface area contributed by atoms with Crippen LogP contribution < -0.4 is 0 Å². The van der Waals surface area contributed by atoms with E-state index in [1.807, 2.05) is 13.8 Å². The first-order valence-electron chi connectivity index (χ1n) is 4.92. The molecule has 0 aromatic heterocycles. The van der Waals surface area contributed by atoms with Crippen molar-refractivity contribution in [2.24, 2.45) is 0 Å². The Morgan fingerprint density at radius 1 is 1.38 bits per heavy atom. The number of esters is 1. The summed E-state index contributed by atoms with van der Waals surface area (Å²) in [4.78, 5) is 10.9. The van der Waals surface area contributed by atoms with Gasteiger partial charge in [-0.05, 0) is 13.8 Å². The van der Waals surface area contributed by atoms with E-state index in [9.17, 15) is 13.2 Å². The number of methoxy groups -OCH3 is 1. The second kappa shape index (κ2) is 6.82. The lowest BCUT2D eigenvalue weighted by Crippen LogP contribution is -2.35. The van der Waals surface area contributed by atoms with Gasteiger partial charge in [0.2, 0.25) is 10.0 Å². The number of likely N-dealkylation sites (N-methyl/N-ethyl adjacent to an activating group) is 1. The zero-order valence-corrected chi connectivity index (χ0v) is 10.9. The highest BCUT2D eigenvalue weighted by Crippen LogP contribution is 1.99. The van der Waals surface area contributed by atoms with Gasteiger partial charge in [-0.15, -0.1) is 0 Å². The van der Waals surface area contributed by atoms with E-state index in [4.69, 9.17) is 4.74 Å². The highest BCUT2D eigenvalue weighted by Gasteiger charge is 2.20. The molecule has 0 saturated carbocycles. The molecule has 0 aliphatic rings. The van der Waals surface area contributed by atoms with Gasteiger partial charge in [0.05, 0.1) is 25.6 Å². The zero-order chi connectivity index (χ0) is 12.8. The van der Waals surface area contributed by atoms with Crippen LogP contribution in [0, 0.1) is 0 Å². The first kappa shape index (κ1) is 15.3. The molecule has 7 heteroatoms. The minimum absolute atomic E-state index is 0.0129. The van der Waals surface area contributed by atoms with E-state index in [1.54, 1.807) is 0 Å². The van der Waals surface area contributed by atoms with E-state index in [-0.39, 0.29) is 25.0 Å². The Kier molecular flexibility index (Phi) is 6.54. The lowest BCUT2D eigenvalue weighted by Gasteiger charge is -2.16. The summed E-state index contributed by atoms with van der Waals surface area (Å²) < 4.78 is 33.7. The maximum Gasteiger partial charge on any atom is 0.320 e. The van der Waals surface area contributed by atoms with Crippen molar-refractivity contribution in [1.29, 1.82) is 0 Å². The van der Waals surface area contributed by atoms with Crippen LogP contribution in [-0.2, 0) is 24.3 Å². The van der Waals surface area contributed by atoms with Crippen LogP contribution in [0.2, 0.25) is 0 Å². The SMILES string of the molecule is COC(=O)CN(C)S(=O)(=O)CCOC(C)C. The smallest absolute Gasteiger partial charge is 0.320 e. The van der Waals surface area contributed by atoms with Crippen molar-refractivity contribution in [3.63, 3.8) is 0 Å². The van der Waals surface area contributed by atoms with Gasteiger partial charge in [0, 0.05) is 7.05 Å². The van der Waals surface area contributed by atoms with Crippen molar-refractivity contribution in [1.82, 2.24) is 4.31 Å². The summed E-state index contributed by atoms with van der Waals surface area (Å²) in [5.41, 5.74) is 0. The fourth-order valence-electron chi connectivity index (χ4n) is 0.890. The van der Waals surface area contributed by atoms with Crippen LogP contribution in [0.25, 0.3) is 0 Å². The van der Waals surface area contributed by atoms with Gasteiger partial charge < -0.3 is 9.47 Å². The van der Waals surface area contributed by atoms with E-state index >= 15 is 0 Å². The molecule has 0 aromatic rings. The quantitative estimate of drug-likeness (QED) is 0.590. The lowest BCUT2D eigenvalue weighted by atomic mass is 10.5. The summed E-state index contributed by atoms with van der Waals surface area (Å²) in [6.07, 6.45) is -0.0129. The van der Waals surface area contributed by atoms with Crippen LogP contribution in [0.1, 0.15) is 13.8 Å². The second-order valence-electron chi connectivity index (χ2n) is 3.57. The highest BCUT2D eigenvalue weighted by atomic mass is 32.2. The van der Waals surface area contributed by atoms with Gasteiger partial charge >= 0.3 is 5.97 Å². The molecule has 0 spiro atoms. The summed E-state index contributed by atoms with van der Waals surface area (Å²) in [5, 5.41) is 0. The van der Waals surface area contributed by atoms with Crippen LogP contribution >= 0.6 is 0 Å². The number of hydrogen-bond acceptors (Lipinski definition) is 5. The molecule has 6 nitrogen and oxygen atoms in total. The minimum atomic E-state index is -3.45. The molecule has 0 atom stereocenters. The molecule has 0 aliphatic carbocycles. The van der Waals surface area contributed by atoms with Crippen LogP contribution in [0.5, 0.6) is 0 Å². The molecule has 0 heterocycles. The first-order chi connectivity index (χ1) is 7.29. The fourth-order valence-corrected chi connectivity index (χ4v) is 1.81. The molecule has 0 aliphatic heterocycles. The molecule has 0 radical (unpaired) electrons. The molecule has 96 valence electrons. The number of carbonyl (C=O) groups excluding carboxylic acids is 1. The van der Waals surface area contributed by atoms with Crippen molar-refractivity contribution < 1.29 is 22.7 Å². The Balaban J connectivity index is 4.16. The van der Waals surface area contributed by atoms with Gasteiger partial charge in [0.1, 0.15) is 6.54 Å². The summed E-state index contributed by atoms with van der Waals surface area (Å²) in [5.74, 6) is -0.727. The average Bonchev–Trinajstić information content (AvgIpc) is 2.16. The van der Waals surface area contributed by atoms with E-state index < -0.39 is 16.0 Å². The van der Waals surface area contributed by atoms with E-state index in [0.29, 0.717) is 0 Å². The number of sulfonamides is 1. The van der Waals surface area contributed by atoms with E-state index in [2.05, 4.69) is 4.74 Å². The van der Waals surface area contributed by atoms with Gasteiger partial charge in [-0.3, -0.25) is 4.79 Å². The third-order valence-corrected chi connectivity index (χ3v) is 3.61. The van der Waals surface area contributed by atoms with Gasteiger partial charge in [0.15, 0.2) is 0 Å². The molecule has 0 unspecified atom stereocenters. The molecular formula is C9H19NO5S. The second-order valence-corrected chi connectivity index (χ2v) is 5.76. The van der Waals surface area contributed by atoms with E-state index in [1.165, 1.54) is 14.2 Å². The standard InChI is InChI=1S/C9H19NO5S/c1-8(2)15-5-6-16(12,13)10(3)7-9(11)14-4/h8H,5-7H2,1-4H3. The molecule has 0 fully saturated rings. The van der Waals surface area contributed by atoms with Crippen LogP contribution in [-0.4, -0.2) is 57.9 Å². The summed E-state index contributed by atoms with van der Waals surface area (Å²) >= 11 is 0. The molecule has 16 heavy (non-hydrogen) atoms. The average molecular weight is 253 g/mol. The van der Waals surface area contributed by atoms with Crippen molar-refractivity contribution in [2.75, 3.05) is 33.1 Å². The monoisotopic (exact) mass is 253 g/mol. The molecule has 0 N–H and O–H groups in total. The topological polar surface area (TPSA) is 72.9 Å². The number of rotatable bonds is 7. The summed E-state index contributed by atoms with van der Waals surface area (Å²) in [6, 6.07) is 0. The van der Waals surface area contributed by atoms with Gasteiger partial charge in [-0.2, -0.15) is 4.31 Å². The maximum atomic E-state index is 11.6. The highest BCUT2D eigenvalue weighted by molar-refractivity contribution is 7.89. The summed E-state index contributed by atoms with van der Waals surface area (Å²) in [6.45, 7) is 3.49. The van der Waals surface area contributed by atoms with Gasteiger partial charge in [0.25, 0.3) is 0 Å². The van der Waals surface area contributed by atoms with Gasteiger partial charge in [-0.1, -0.05) is 0 Å². The molecule has 0 saturated heterocycles. The largest absolute Gasteiger partial charge is 0.468 e. The Labute approximate surface area is 96.6 Å². The van der Waals surface area contributed by atoms with Crippen molar-refractivity contribution >= 4 is 16.0 Å². The number of ether oxygens (including phenoxy) is 2. The Morgan fingerprint density at radius 3 is 2.38 bits per heavy atom. The predicted octanol–water partition coefficient (Wildman–Crippen LogP) is -0.154. The third kappa shape index (κ3) is 6.04. The molecular weight excluding hydrogens is 234 g/mol. The number of hydrogen-bond donors (Lipinski definition) is 0. The van der Waals surface area contributed by atoms with Crippen LogP contribution in [0.4, 0.5) is 0 Å². The van der Waals surface area contributed by atoms with Gasteiger partial charge in [-0.25, -0.2) is 8.42 Å².